The predicted octanol–water partition coefficient (Wildman–Crippen LogP) is 0.277. The molecule has 1 aliphatic rings. The first-order valence-electron chi connectivity index (χ1n) is 7.56. The predicted molar refractivity (Wildman–Crippen MR) is 84.9 cm³/mol. The van der Waals surface area contributed by atoms with Crippen LogP contribution in [0.15, 0.2) is 0 Å². The van der Waals surface area contributed by atoms with Crippen molar-refractivity contribution in [1.82, 2.24) is 10.2 Å². The maximum absolute atomic E-state index is 12.2. The number of piperidine rings is 1. The largest absolute Gasteiger partial charge is 0.396 e. The number of carbonyl (C=O) groups is 1. The Bertz CT molecular complexity index is 271. The fraction of sp³-hybridized carbons (Fsp3) is 0.929. The number of rotatable bonds is 9. The number of hydrogen-bond acceptors (Lipinski definition) is 5. The molecule has 0 saturated carbocycles. The lowest BCUT2D eigenvalue weighted by Crippen LogP contribution is -2.48. The number of aliphatic hydroxyl groups excluding tert-OH is 1. The van der Waals surface area contributed by atoms with Gasteiger partial charge in [-0.3, -0.25) is 4.79 Å². The SMILES string of the molecule is CNCCCSC[C@H](N)C(=O)N1CCC(CCO)CC1. The van der Waals surface area contributed by atoms with Crippen molar-refractivity contribution in [2.45, 2.75) is 31.7 Å². The molecule has 0 aliphatic carbocycles. The maximum atomic E-state index is 12.2. The molecular formula is C14H29N3O2S. The van der Waals surface area contributed by atoms with E-state index in [1.165, 1.54) is 0 Å². The van der Waals surface area contributed by atoms with Gasteiger partial charge in [-0.25, -0.2) is 0 Å². The second-order valence-corrected chi connectivity index (χ2v) is 6.57. The van der Waals surface area contributed by atoms with Crippen molar-refractivity contribution in [2.75, 3.05) is 44.8 Å². The van der Waals surface area contributed by atoms with Crippen LogP contribution >= 0.6 is 11.8 Å². The van der Waals surface area contributed by atoms with E-state index >= 15 is 0 Å². The highest BCUT2D eigenvalue weighted by Crippen LogP contribution is 2.20. The average molecular weight is 303 g/mol. The minimum Gasteiger partial charge on any atom is -0.396 e. The fourth-order valence-corrected chi connectivity index (χ4v) is 3.40. The number of thioether (sulfide) groups is 1. The van der Waals surface area contributed by atoms with Crippen LogP contribution < -0.4 is 11.1 Å². The lowest BCUT2D eigenvalue weighted by Gasteiger charge is -2.33. The van der Waals surface area contributed by atoms with Crippen molar-refractivity contribution < 1.29 is 9.90 Å². The van der Waals surface area contributed by atoms with Crippen LogP contribution in [0.2, 0.25) is 0 Å². The first-order valence-corrected chi connectivity index (χ1v) is 8.72. The summed E-state index contributed by atoms with van der Waals surface area (Å²) in [5.41, 5.74) is 5.99. The van der Waals surface area contributed by atoms with E-state index in [4.69, 9.17) is 10.8 Å². The second-order valence-electron chi connectivity index (χ2n) is 5.42. The topological polar surface area (TPSA) is 78.6 Å². The normalized spacial score (nSPS) is 18.2. The Balaban J connectivity index is 2.17. The first kappa shape index (κ1) is 17.8. The summed E-state index contributed by atoms with van der Waals surface area (Å²) >= 11 is 1.76. The van der Waals surface area contributed by atoms with E-state index < -0.39 is 0 Å². The average Bonchev–Trinajstić information content (AvgIpc) is 2.47. The molecule has 20 heavy (non-hydrogen) atoms. The Hall–Kier alpha value is -0.300. The summed E-state index contributed by atoms with van der Waals surface area (Å²) in [6.07, 6.45) is 3.95. The van der Waals surface area contributed by atoms with E-state index in [1.807, 2.05) is 11.9 Å². The number of nitrogens with two attached hydrogens (primary N) is 1. The molecule has 5 nitrogen and oxygen atoms in total. The van der Waals surface area contributed by atoms with Crippen LogP contribution in [0.3, 0.4) is 0 Å². The summed E-state index contributed by atoms with van der Waals surface area (Å²) in [6, 6.07) is -0.371. The first-order chi connectivity index (χ1) is 9.69. The summed E-state index contributed by atoms with van der Waals surface area (Å²) in [6.45, 7) is 2.85. The molecule has 0 spiro atoms. The Morgan fingerprint density at radius 3 is 2.80 bits per heavy atom. The minimum atomic E-state index is -0.371. The lowest BCUT2D eigenvalue weighted by atomic mass is 9.93. The number of nitrogens with zero attached hydrogens (tertiary/aromatic N) is 1. The van der Waals surface area contributed by atoms with Gasteiger partial charge >= 0.3 is 0 Å². The third-order valence-electron chi connectivity index (χ3n) is 3.79. The third kappa shape index (κ3) is 6.43. The highest BCUT2D eigenvalue weighted by Gasteiger charge is 2.25. The summed E-state index contributed by atoms with van der Waals surface area (Å²) in [5.74, 6) is 2.41. The summed E-state index contributed by atoms with van der Waals surface area (Å²) in [4.78, 5) is 14.1. The van der Waals surface area contributed by atoms with Gasteiger partial charge in [0.15, 0.2) is 0 Å². The highest BCUT2D eigenvalue weighted by atomic mass is 32.2. The van der Waals surface area contributed by atoms with Gasteiger partial charge in [-0.15, -0.1) is 0 Å². The molecule has 0 radical (unpaired) electrons. The standard InChI is InChI=1S/C14H29N3O2S/c1-16-6-2-10-20-11-13(15)14(19)17-7-3-12(4-8-17)5-9-18/h12-13,16,18H,2-11,15H2,1H3/t13-/m0/s1. The van der Waals surface area contributed by atoms with Crippen molar-refractivity contribution in [2.24, 2.45) is 11.7 Å². The van der Waals surface area contributed by atoms with Crippen molar-refractivity contribution in [3.63, 3.8) is 0 Å². The third-order valence-corrected chi connectivity index (χ3v) is 4.97. The van der Waals surface area contributed by atoms with Crippen LogP contribution in [0, 0.1) is 5.92 Å². The Morgan fingerprint density at radius 1 is 1.50 bits per heavy atom. The number of carbonyl (C=O) groups excluding carboxylic acids is 1. The summed E-state index contributed by atoms with van der Waals surface area (Å²) in [5, 5.41) is 12.0. The molecule has 0 aromatic heterocycles. The van der Waals surface area contributed by atoms with Crippen molar-refractivity contribution in [3.8, 4) is 0 Å². The van der Waals surface area contributed by atoms with E-state index in [1.54, 1.807) is 11.8 Å². The van der Waals surface area contributed by atoms with E-state index in [0.29, 0.717) is 11.7 Å². The van der Waals surface area contributed by atoms with E-state index in [0.717, 1.165) is 51.1 Å². The lowest BCUT2D eigenvalue weighted by molar-refractivity contribution is -0.133. The van der Waals surface area contributed by atoms with Gasteiger partial charge in [0.1, 0.15) is 0 Å². The fourth-order valence-electron chi connectivity index (χ4n) is 2.49. The van der Waals surface area contributed by atoms with E-state index in [9.17, 15) is 4.79 Å². The van der Waals surface area contributed by atoms with Crippen LogP contribution in [-0.2, 0) is 4.79 Å². The number of amides is 1. The van der Waals surface area contributed by atoms with Crippen LogP contribution in [0.1, 0.15) is 25.7 Å². The van der Waals surface area contributed by atoms with Gasteiger partial charge in [0.2, 0.25) is 5.91 Å². The molecule has 1 aliphatic heterocycles. The molecule has 1 heterocycles. The van der Waals surface area contributed by atoms with Crippen LogP contribution in [0.5, 0.6) is 0 Å². The highest BCUT2D eigenvalue weighted by molar-refractivity contribution is 7.99. The molecule has 0 unspecified atom stereocenters. The molecule has 1 atom stereocenters. The number of likely N-dealkylation sites (tertiary alicyclic amines) is 1. The van der Waals surface area contributed by atoms with Crippen LogP contribution in [0.25, 0.3) is 0 Å². The van der Waals surface area contributed by atoms with Gasteiger partial charge in [-0.2, -0.15) is 11.8 Å². The van der Waals surface area contributed by atoms with Crippen LogP contribution in [0.4, 0.5) is 0 Å². The molecule has 1 amide bonds. The Morgan fingerprint density at radius 2 is 2.20 bits per heavy atom. The van der Waals surface area contributed by atoms with Crippen molar-refractivity contribution in [3.05, 3.63) is 0 Å². The molecule has 6 heteroatoms. The second kappa shape index (κ2) is 10.4. The van der Waals surface area contributed by atoms with Crippen molar-refractivity contribution >= 4 is 17.7 Å². The summed E-state index contributed by atoms with van der Waals surface area (Å²) < 4.78 is 0. The smallest absolute Gasteiger partial charge is 0.240 e. The Labute approximate surface area is 126 Å². The molecule has 0 bridgehead atoms. The van der Waals surface area contributed by atoms with Gasteiger partial charge < -0.3 is 21.1 Å². The molecule has 1 saturated heterocycles. The zero-order valence-electron chi connectivity index (χ0n) is 12.5. The molecule has 1 fully saturated rings. The van der Waals surface area contributed by atoms with E-state index in [-0.39, 0.29) is 18.6 Å². The summed E-state index contributed by atoms with van der Waals surface area (Å²) in [7, 11) is 1.94. The molecular weight excluding hydrogens is 274 g/mol. The van der Waals surface area contributed by atoms with Gasteiger partial charge in [0.25, 0.3) is 0 Å². The zero-order valence-corrected chi connectivity index (χ0v) is 13.3. The molecule has 1 rings (SSSR count). The Kier molecular flexibility index (Phi) is 9.26. The van der Waals surface area contributed by atoms with E-state index in [2.05, 4.69) is 5.32 Å². The van der Waals surface area contributed by atoms with Gasteiger partial charge in [-0.05, 0) is 50.9 Å². The van der Waals surface area contributed by atoms with Gasteiger partial charge in [0, 0.05) is 25.4 Å². The molecule has 0 aromatic rings. The van der Waals surface area contributed by atoms with Crippen molar-refractivity contribution in [1.29, 1.82) is 0 Å². The molecule has 0 aromatic carbocycles. The quantitative estimate of drug-likeness (QED) is 0.533. The number of hydrogen-bond donors (Lipinski definition) is 3. The number of aliphatic hydroxyl groups is 1. The minimum absolute atomic E-state index is 0.0913. The molecule has 118 valence electrons. The monoisotopic (exact) mass is 303 g/mol. The molecule has 4 N–H and O–H groups in total. The zero-order chi connectivity index (χ0) is 14.8. The number of nitrogens with one attached hydrogen (secondary N) is 1. The van der Waals surface area contributed by atoms with Crippen LogP contribution in [-0.4, -0.2) is 66.7 Å². The van der Waals surface area contributed by atoms with Gasteiger partial charge in [-0.1, -0.05) is 0 Å². The van der Waals surface area contributed by atoms with Gasteiger partial charge in [0.05, 0.1) is 6.04 Å². The maximum Gasteiger partial charge on any atom is 0.240 e.